The first kappa shape index (κ1) is 19.8. The summed E-state index contributed by atoms with van der Waals surface area (Å²) in [4.78, 5) is 25.0. The third-order valence-electron chi connectivity index (χ3n) is 4.43. The Morgan fingerprint density at radius 3 is 2.57 bits per heavy atom. The summed E-state index contributed by atoms with van der Waals surface area (Å²) in [5.74, 6) is -2.37. The molecule has 4 rings (SSSR count). The van der Waals surface area contributed by atoms with Crippen LogP contribution < -0.4 is 14.8 Å². The number of rotatable bonds is 4. The Bertz CT molecular complexity index is 1280. The Hall–Kier alpha value is -3.45. The molecule has 0 aliphatic carbocycles. The number of amides is 1. The Morgan fingerprint density at radius 1 is 1.23 bits per heavy atom. The highest BCUT2D eigenvalue weighted by atomic mass is 32.2. The van der Waals surface area contributed by atoms with Gasteiger partial charge in [0.05, 0.1) is 29.6 Å². The molecule has 0 radical (unpaired) electrons. The molecule has 0 unspecified atom stereocenters. The van der Waals surface area contributed by atoms with Gasteiger partial charge in [0.2, 0.25) is 10.0 Å². The molecular weight excluding hydrogens is 424 g/mol. The van der Waals surface area contributed by atoms with Gasteiger partial charge in [-0.2, -0.15) is 4.98 Å². The van der Waals surface area contributed by atoms with E-state index in [9.17, 15) is 22.0 Å². The molecule has 1 aliphatic heterocycles. The molecule has 3 aromatic rings. The van der Waals surface area contributed by atoms with Gasteiger partial charge in [0.15, 0.2) is 5.65 Å². The highest BCUT2D eigenvalue weighted by Gasteiger charge is 2.31. The molecule has 10 nitrogen and oxygen atoms in total. The van der Waals surface area contributed by atoms with Crippen molar-refractivity contribution in [3.05, 3.63) is 47.3 Å². The van der Waals surface area contributed by atoms with Crippen LogP contribution in [0.4, 0.5) is 19.3 Å². The van der Waals surface area contributed by atoms with Gasteiger partial charge in [-0.1, -0.05) is 0 Å². The number of halogens is 2. The average molecular weight is 437 g/mol. The number of ether oxygens (including phenoxy) is 2. The van der Waals surface area contributed by atoms with Crippen LogP contribution in [0.3, 0.4) is 0 Å². The summed E-state index contributed by atoms with van der Waals surface area (Å²) in [7, 11) is -2.94. The Kier molecular flexibility index (Phi) is 4.70. The zero-order valence-electron chi connectivity index (χ0n) is 15.3. The second kappa shape index (κ2) is 7.11. The lowest BCUT2D eigenvalue weighted by atomic mass is 10.1. The molecule has 1 aliphatic rings. The zero-order chi connectivity index (χ0) is 21.6. The summed E-state index contributed by atoms with van der Waals surface area (Å²) >= 11 is 0. The maximum Gasteiger partial charge on any atom is 0.414 e. The number of carbonyl (C=O) groups excluding carboxylic acids is 1. The van der Waals surface area contributed by atoms with E-state index in [1.807, 2.05) is 0 Å². The monoisotopic (exact) mass is 437 g/mol. The van der Waals surface area contributed by atoms with Crippen LogP contribution in [-0.4, -0.2) is 36.6 Å². The van der Waals surface area contributed by atoms with Crippen molar-refractivity contribution in [1.82, 2.24) is 15.0 Å². The van der Waals surface area contributed by atoms with Crippen molar-refractivity contribution >= 4 is 32.8 Å². The number of cyclic esters (lactones) is 1. The lowest BCUT2D eigenvalue weighted by Crippen LogP contribution is -2.36. The molecule has 2 N–H and O–H groups in total. The molecule has 1 aromatic carbocycles. The fourth-order valence-corrected chi connectivity index (χ4v) is 3.56. The van der Waals surface area contributed by atoms with Gasteiger partial charge in [0, 0.05) is 23.5 Å². The fourth-order valence-electron chi connectivity index (χ4n) is 3.02. The Morgan fingerprint density at radius 2 is 1.93 bits per heavy atom. The minimum absolute atomic E-state index is 0.0514. The molecule has 3 heterocycles. The molecule has 0 spiro atoms. The third kappa shape index (κ3) is 3.37. The summed E-state index contributed by atoms with van der Waals surface area (Å²) in [6, 6.07) is 1.22. The van der Waals surface area contributed by atoms with Gasteiger partial charge in [-0.05, 0) is 12.1 Å². The number of pyridine rings is 1. The van der Waals surface area contributed by atoms with E-state index in [-0.39, 0.29) is 24.0 Å². The molecule has 0 saturated heterocycles. The number of sulfonamides is 1. The van der Waals surface area contributed by atoms with Gasteiger partial charge in [-0.15, -0.1) is 0 Å². The highest BCUT2D eigenvalue weighted by Crippen LogP contribution is 2.35. The molecule has 0 fully saturated rings. The fraction of sp³-hybridized carbons (Fsp3) is 0.176. The van der Waals surface area contributed by atoms with E-state index in [2.05, 4.69) is 15.0 Å². The second-order valence-electron chi connectivity index (χ2n) is 6.28. The SMILES string of the molecule is COc1ncc2c3c(cnc2n1)COC(=O)N3Cc1c(F)cc(S(N)(=O)=O)cc1F. The van der Waals surface area contributed by atoms with E-state index in [4.69, 9.17) is 14.6 Å². The van der Waals surface area contributed by atoms with Gasteiger partial charge in [-0.25, -0.2) is 37.1 Å². The normalized spacial score (nSPS) is 13.9. The minimum atomic E-state index is -4.31. The number of hydrogen-bond donors (Lipinski definition) is 1. The second-order valence-corrected chi connectivity index (χ2v) is 7.84. The number of carbonyl (C=O) groups is 1. The number of aromatic nitrogens is 3. The van der Waals surface area contributed by atoms with Crippen molar-refractivity contribution < 1.29 is 31.5 Å². The smallest absolute Gasteiger partial charge is 0.414 e. The number of methoxy groups -OCH3 is 1. The highest BCUT2D eigenvalue weighted by molar-refractivity contribution is 7.89. The van der Waals surface area contributed by atoms with Gasteiger partial charge in [0.25, 0.3) is 0 Å². The van der Waals surface area contributed by atoms with Gasteiger partial charge in [-0.3, -0.25) is 4.90 Å². The average Bonchev–Trinajstić information content (AvgIpc) is 2.70. The van der Waals surface area contributed by atoms with Crippen LogP contribution in [0.1, 0.15) is 11.1 Å². The number of fused-ring (bicyclic) bond motifs is 3. The molecule has 0 atom stereocenters. The van der Waals surface area contributed by atoms with Crippen LogP contribution in [0.5, 0.6) is 6.01 Å². The maximum atomic E-state index is 14.5. The van der Waals surface area contributed by atoms with Crippen molar-refractivity contribution in [3.63, 3.8) is 0 Å². The van der Waals surface area contributed by atoms with Gasteiger partial charge >= 0.3 is 12.1 Å². The molecule has 156 valence electrons. The van der Waals surface area contributed by atoms with E-state index in [1.165, 1.54) is 19.5 Å². The summed E-state index contributed by atoms with van der Waals surface area (Å²) < 4.78 is 61.8. The number of primary sulfonamides is 1. The predicted molar refractivity (Wildman–Crippen MR) is 98.0 cm³/mol. The number of nitrogens with zero attached hydrogens (tertiary/aromatic N) is 4. The molecule has 2 aromatic heterocycles. The number of benzene rings is 1. The van der Waals surface area contributed by atoms with Crippen LogP contribution in [0.15, 0.2) is 29.4 Å². The number of hydrogen-bond acceptors (Lipinski definition) is 8. The van der Waals surface area contributed by atoms with Crippen LogP contribution in [-0.2, 0) is 27.9 Å². The van der Waals surface area contributed by atoms with E-state index in [0.717, 1.165) is 4.90 Å². The maximum absolute atomic E-state index is 14.5. The van der Waals surface area contributed by atoms with Crippen LogP contribution in [0, 0.1) is 11.6 Å². The largest absolute Gasteiger partial charge is 0.467 e. The lowest BCUT2D eigenvalue weighted by molar-refractivity contribution is 0.141. The van der Waals surface area contributed by atoms with Crippen LogP contribution in [0.2, 0.25) is 0 Å². The van der Waals surface area contributed by atoms with E-state index >= 15 is 0 Å². The van der Waals surface area contributed by atoms with Crippen LogP contribution in [0.25, 0.3) is 11.0 Å². The summed E-state index contributed by atoms with van der Waals surface area (Å²) in [5, 5.41) is 5.26. The first-order valence-corrected chi connectivity index (χ1v) is 9.87. The molecule has 0 saturated carbocycles. The number of anilines is 1. The minimum Gasteiger partial charge on any atom is -0.467 e. The van der Waals surface area contributed by atoms with Crippen molar-refractivity contribution in [2.24, 2.45) is 5.14 Å². The van der Waals surface area contributed by atoms with Crippen molar-refractivity contribution in [2.45, 2.75) is 18.0 Å². The summed E-state index contributed by atoms with van der Waals surface area (Å²) in [6.45, 7) is -0.686. The molecule has 0 bridgehead atoms. The van der Waals surface area contributed by atoms with E-state index in [1.54, 1.807) is 0 Å². The summed E-state index contributed by atoms with van der Waals surface area (Å²) in [6.07, 6.45) is 1.93. The zero-order valence-corrected chi connectivity index (χ0v) is 16.1. The standard InChI is InChI=1S/C17H13F2N5O5S/c1-28-16-22-5-10-14-8(4-21-15(10)23-16)7-29-17(25)24(14)6-11-12(18)2-9(3-13(11)19)30(20,26)27/h2-5H,6-7H2,1H3,(H2,20,26,27). The molecule has 30 heavy (non-hydrogen) atoms. The number of nitrogens with two attached hydrogens (primary N) is 1. The van der Waals surface area contributed by atoms with Crippen molar-refractivity contribution in [1.29, 1.82) is 0 Å². The van der Waals surface area contributed by atoms with Gasteiger partial charge < -0.3 is 9.47 Å². The van der Waals surface area contributed by atoms with Crippen molar-refractivity contribution in [2.75, 3.05) is 12.0 Å². The molecule has 13 heteroatoms. The third-order valence-corrected chi connectivity index (χ3v) is 5.32. The molecule has 1 amide bonds. The molecular formula is C17H13F2N5O5S. The first-order chi connectivity index (χ1) is 14.2. The Balaban J connectivity index is 1.84. The van der Waals surface area contributed by atoms with Gasteiger partial charge in [0.1, 0.15) is 18.2 Å². The predicted octanol–water partition coefficient (Wildman–Crippen LogP) is 1.62. The van der Waals surface area contributed by atoms with E-state index < -0.39 is 44.8 Å². The topological polar surface area (TPSA) is 138 Å². The van der Waals surface area contributed by atoms with Crippen LogP contribution >= 0.6 is 0 Å². The first-order valence-electron chi connectivity index (χ1n) is 8.32. The van der Waals surface area contributed by atoms with Crippen molar-refractivity contribution in [3.8, 4) is 6.01 Å². The lowest BCUT2D eigenvalue weighted by Gasteiger charge is -2.29. The quantitative estimate of drug-likeness (QED) is 0.650. The van der Waals surface area contributed by atoms with E-state index in [0.29, 0.717) is 23.1 Å². The summed E-state index contributed by atoms with van der Waals surface area (Å²) in [5.41, 5.74) is 0.392. The Labute approximate surface area is 168 Å².